The first kappa shape index (κ1) is 11.1. The van der Waals surface area contributed by atoms with E-state index in [2.05, 4.69) is 12.2 Å². The third-order valence-corrected chi connectivity index (χ3v) is 2.48. The van der Waals surface area contributed by atoms with E-state index in [1.54, 1.807) is 12.1 Å². The van der Waals surface area contributed by atoms with E-state index in [0.29, 0.717) is 5.56 Å². The molecule has 76 valence electrons. The quantitative estimate of drug-likeness (QED) is 0.600. The van der Waals surface area contributed by atoms with Crippen LogP contribution in [-0.2, 0) is 0 Å². The summed E-state index contributed by atoms with van der Waals surface area (Å²) in [5.41, 5.74) is 1.68. The molecule has 0 amide bonds. The molecule has 14 heavy (non-hydrogen) atoms. The van der Waals surface area contributed by atoms with Crippen molar-refractivity contribution < 1.29 is 4.79 Å². The Morgan fingerprint density at radius 1 is 1.43 bits per heavy atom. The summed E-state index contributed by atoms with van der Waals surface area (Å²) in [7, 11) is 0. The van der Waals surface area contributed by atoms with Crippen LogP contribution in [0.25, 0.3) is 0 Å². The number of alkyl halides is 1. The predicted octanol–water partition coefficient (Wildman–Crippen LogP) is 2.93. The minimum absolute atomic E-state index is 0.153. The Hall–Kier alpha value is -1.02. The lowest BCUT2D eigenvalue weighted by Gasteiger charge is -2.09. The minimum Gasteiger partial charge on any atom is -0.384 e. The topological polar surface area (TPSA) is 29.1 Å². The number of anilines is 1. The van der Waals surface area contributed by atoms with Crippen LogP contribution < -0.4 is 5.32 Å². The van der Waals surface area contributed by atoms with Crippen molar-refractivity contribution in [1.29, 1.82) is 0 Å². The van der Waals surface area contributed by atoms with Crippen molar-refractivity contribution in [2.75, 3.05) is 11.9 Å². The highest BCUT2D eigenvalue weighted by molar-refractivity contribution is 6.20. The van der Waals surface area contributed by atoms with Crippen molar-refractivity contribution >= 4 is 23.6 Å². The lowest BCUT2D eigenvalue weighted by atomic mass is 10.2. The summed E-state index contributed by atoms with van der Waals surface area (Å²) in [4.78, 5) is 10.4. The summed E-state index contributed by atoms with van der Waals surface area (Å²) in [5, 5.41) is 3.35. The van der Waals surface area contributed by atoms with Gasteiger partial charge in [-0.25, -0.2) is 0 Å². The number of aldehydes is 1. The van der Waals surface area contributed by atoms with Crippen LogP contribution in [0.15, 0.2) is 24.3 Å². The van der Waals surface area contributed by atoms with Gasteiger partial charge in [0.05, 0.1) is 5.38 Å². The second kappa shape index (κ2) is 5.66. The van der Waals surface area contributed by atoms with E-state index in [1.807, 2.05) is 12.1 Å². The van der Waals surface area contributed by atoms with Gasteiger partial charge >= 0.3 is 0 Å². The smallest absolute Gasteiger partial charge is 0.150 e. The largest absolute Gasteiger partial charge is 0.384 e. The van der Waals surface area contributed by atoms with Gasteiger partial charge in [0.25, 0.3) is 0 Å². The molecule has 1 N–H and O–H groups in total. The first-order valence-electron chi connectivity index (χ1n) is 4.69. The Labute approximate surface area is 89.3 Å². The zero-order valence-corrected chi connectivity index (χ0v) is 8.92. The molecule has 0 spiro atoms. The van der Waals surface area contributed by atoms with Gasteiger partial charge in [-0.05, 0) is 30.7 Å². The van der Waals surface area contributed by atoms with Crippen LogP contribution in [0.3, 0.4) is 0 Å². The molecule has 0 fully saturated rings. The molecule has 1 atom stereocenters. The molecule has 1 rings (SSSR count). The number of carbonyl (C=O) groups excluding carboxylic acids is 1. The van der Waals surface area contributed by atoms with E-state index >= 15 is 0 Å². The van der Waals surface area contributed by atoms with E-state index in [-0.39, 0.29) is 5.38 Å². The van der Waals surface area contributed by atoms with E-state index in [4.69, 9.17) is 11.6 Å². The lowest BCUT2D eigenvalue weighted by molar-refractivity contribution is 0.112. The summed E-state index contributed by atoms with van der Waals surface area (Å²) in [6, 6.07) is 7.32. The van der Waals surface area contributed by atoms with Gasteiger partial charge in [-0.15, -0.1) is 11.6 Å². The van der Waals surface area contributed by atoms with Crippen LogP contribution >= 0.6 is 11.6 Å². The first-order valence-corrected chi connectivity index (χ1v) is 5.13. The highest BCUT2D eigenvalue weighted by atomic mass is 35.5. The number of halogens is 1. The molecule has 0 aliphatic carbocycles. The molecule has 1 aromatic rings. The van der Waals surface area contributed by atoms with Crippen LogP contribution in [0, 0.1) is 0 Å². The number of benzene rings is 1. The van der Waals surface area contributed by atoms with Crippen molar-refractivity contribution in [1.82, 2.24) is 0 Å². The Balaban J connectivity index is 2.47. The Kier molecular flexibility index (Phi) is 4.47. The monoisotopic (exact) mass is 211 g/mol. The second-order valence-electron chi connectivity index (χ2n) is 3.13. The van der Waals surface area contributed by atoms with Crippen molar-refractivity contribution in [3.63, 3.8) is 0 Å². The van der Waals surface area contributed by atoms with Gasteiger partial charge in [0, 0.05) is 17.8 Å². The van der Waals surface area contributed by atoms with Crippen molar-refractivity contribution in [3.8, 4) is 0 Å². The molecule has 1 aromatic carbocycles. The van der Waals surface area contributed by atoms with Gasteiger partial charge in [0.1, 0.15) is 6.29 Å². The second-order valence-corrected chi connectivity index (χ2v) is 3.74. The van der Waals surface area contributed by atoms with Crippen molar-refractivity contribution in [2.45, 2.75) is 18.7 Å². The van der Waals surface area contributed by atoms with Crippen LogP contribution in [-0.4, -0.2) is 18.2 Å². The number of hydrogen-bond acceptors (Lipinski definition) is 2. The zero-order valence-electron chi connectivity index (χ0n) is 8.16. The maximum Gasteiger partial charge on any atom is 0.150 e. The number of hydrogen-bond donors (Lipinski definition) is 1. The molecule has 3 heteroatoms. The summed E-state index contributed by atoms with van der Waals surface area (Å²) < 4.78 is 0. The van der Waals surface area contributed by atoms with Gasteiger partial charge in [-0.1, -0.05) is 6.92 Å². The van der Waals surface area contributed by atoms with Crippen LogP contribution in [0.2, 0.25) is 0 Å². The maximum atomic E-state index is 10.4. The SMILES string of the molecule is CCC(Cl)CNc1ccc(C=O)cc1. The molecule has 0 bridgehead atoms. The first-order chi connectivity index (χ1) is 6.76. The average Bonchev–Trinajstić information content (AvgIpc) is 2.26. The highest BCUT2D eigenvalue weighted by Gasteiger charge is 2.00. The number of rotatable bonds is 5. The zero-order chi connectivity index (χ0) is 10.4. The molecule has 0 heterocycles. The molecule has 0 aliphatic rings. The standard InChI is InChI=1S/C11H14ClNO/c1-2-10(12)7-13-11-5-3-9(8-14)4-6-11/h3-6,8,10,13H,2,7H2,1H3. The molecule has 0 aromatic heterocycles. The summed E-state index contributed by atoms with van der Waals surface area (Å²) in [6.45, 7) is 2.80. The van der Waals surface area contributed by atoms with E-state index in [9.17, 15) is 4.79 Å². The van der Waals surface area contributed by atoms with E-state index in [0.717, 1.165) is 24.9 Å². The number of nitrogens with one attached hydrogen (secondary N) is 1. The molecule has 0 saturated heterocycles. The Morgan fingerprint density at radius 3 is 2.57 bits per heavy atom. The average molecular weight is 212 g/mol. The lowest BCUT2D eigenvalue weighted by Crippen LogP contribution is -2.12. The Bertz CT molecular complexity index is 284. The van der Waals surface area contributed by atoms with Gasteiger partial charge in [-0.3, -0.25) is 4.79 Å². The minimum atomic E-state index is 0.153. The third kappa shape index (κ3) is 3.38. The summed E-state index contributed by atoms with van der Waals surface area (Å²) >= 11 is 5.96. The van der Waals surface area contributed by atoms with Crippen LogP contribution in [0.4, 0.5) is 5.69 Å². The maximum absolute atomic E-state index is 10.4. The molecule has 0 saturated carbocycles. The third-order valence-electron chi connectivity index (χ3n) is 2.02. The van der Waals surface area contributed by atoms with Gasteiger partial charge in [-0.2, -0.15) is 0 Å². The van der Waals surface area contributed by atoms with Crippen molar-refractivity contribution in [2.24, 2.45) is 0 Å². The van der Waals surface area contributed by atoms with Crippen molar-refractivity contribution in [3.05, 3.63) is 29.8 Å². The fourth-order valence-electron chi connectivity index (χ4n) is 1.05. The number of carbonyl (C=O) groups is 1. The molecular formula is C11H14ClNO. The van der Waals surface area contributed by atoms with E-state index < -0.39 is 0 Å². The fraction of sp³-hybridized carbons (Fsp3) is 0.364. The Morgan fingerprint density at radius 2 is 2.07 bits per heavy atom. The van der Waals surface area contributed by atoms with Crippen LogP contribution in [0.5, 0.6) is 0 Å². The fourth-order valence-corrected chi connectivity index (χ4v) is 1.13. The summed E-state index contributed by atoms with van der Waals surface area (Å²) in [6.07, 6.45) is 1.78. The van der Waals surface area contributed by atoms with Gasteiger partial charge < -0.3 is 5.32 Å². The molecular weight excluding hydrogens is 198 g/mol. The molecule has 0 aliphatic heterocycles. The molecule has 1 unspecified atom stereocenters. The van der Waals surface area contributed by atoms with Crippen LogP contribution in [0.1, 0.15) is 23.7 Å². The molecule has 2 nitrogen and oxygen atoms in total. The molecule has 0 radical (unpaired) electrons. The highest BCUT2D eigenvalue weighted by Crippen LogP contribution is 2.09. The van der Waals surface area contributed by atoms with Gasteiger partial charge in [0.15, 0.2) is 0 Å². The summed E-state index contributed by atoms with van der Waals surface area (Å²) in [5.74, 6) is 0. The van der Waals surface area contributed by atoms with E-state index in [1.165, 1.54) is 0 Å². The predicted molar refractivity (Wildman–Crippen MR) is 60.3 cm³/mol. The normalized spacial score (nSPS) is 12.1. The van der Waals surface area contributed by atoms with Gasteiger partial charge in [0.2, 0.25) is 0 Å².